The molecule has 1 aromatic carbocycles. The number of aliphatic imine (C=N–C) groups is 1. The number of carbonyl (C=O) groups excluding carboxylic acids is 1. The van der Waals surface area contributed by atoms with E-state index in [4.69, 9.17) is 0 Å². The fourth-order valence-electron chi connectivity index (χ4n) is 2.85. The molecule has 27 heavy (non-hydrogen) atoms. The lowest BCUT2D eigenvalue weighted by atomic mass is 10.1. The number of amidine groups is 1. The van der Waals surface area contributed by atoms with Crippen molar-refractivity contribution in [2.75, 3.05) is 0 Å². The van der Waals surface area contributed by atoms with Crippen LogP contribution in [0.1, 0.15) is 37.3 Å². The van der Waals surface area contributed by atoms with Gasteiger partial charge in [0.1, 0.15) is 11.9 Å². The number of carbonyl (C=O) groups is 1. The zero-order chi connectivity index (χ0) is 19.3. The minimum Gasteiger partial charge on any atom is -0.350 e. The standard InChI is InChI=1S/C19H22N4O3S/c1-2-3-9-16(19(24)21-13-14-7-6-11-20-12-14)22-18-15-8-4-5-10-17(15)27(25,26)23-18/h4-8,10-12,16H,2-3,9,13H2,1H3,(H,21,24)(H,22,23)/t16-/m0/s1. The van der Waals surface area contributed by atoms with Crippen molar-refractivity contribution in [2.45, 2.75) is 43.7 Å². The number of unbranched alkanes of at least 4 members (excludes halogenated alkanes) is 1. The van der Waals surface area contributed by atoms with Gasteiger partial charge < -0.3 is 5.32 Å². The Balaban J connectivity index is 1.81. The van der Waals surface area contributed by atoms with E-state index >= 15 is 0 Å². The van der Waals surface area contributed by atoms with Gasteiger partial charge in [0.15, 0.2) is 0 Å². The van der Waals surface area contributed by atoms with E-state index in [9.17, 15) is 13.2 Å². The van der Waals surface area contributed by atoms with E-state index < -0.39 is 16.1 Å². The molecule has 0 radical (unpaired) electrons. The second-order valence-corrected chi connectivity index (χ2v) is 7.97. The van der Waals surface area contributed by atoms with Crippen molar-refractivity contribution in [1.82, 2.24) is 15.0 Å². The van der Waals surface area contributed by atoms with Gasteiger partial charge in [-0.05, 0) is 30.2 Å². The topological polar surface area (TPSA) is 101 Å². The van der Waals surface area contributed by atoms with Crippen LogP contribution >= 0.6 is 0 Å². The summed E-state index contributed by atoms with van der Waals surface area (Å²) in [5, 5.41) is 2.86. The first-order chi connectivity index (χ1) is 13.0. The fraction of sp³-hybridized carbons (Fsp3) is 0.316. The van der Waals surface area contributed by atoms with E-state index in [0.717, 1.165) is 18.4 Å². The summed E-state index contributed by atoms with van der Waals surface area (Å²) in [6.07, 6.45) is 5.64. The fourth-order valence-corrected chi connectivity index (χ4v) is 4.09. The maximum atomic E-state index is 12.7. The molecule has 2 N–H and O–H groups in total. The Morgan fingerprint density at radius 3 is 2.81 bits per heavy atom. The van der Waals surface area contributed by atoms with Crippen LogP contribution in [0.2, 0.25) is 0 Å². The summed E-state index contributed by atoms with van der Waals surface area (Å²) in [4.78, 5) is 21.3. The third-order valence-electron chi connectivity index (χ3n) is 4.27. The first-order valence-corrected chi connectivity index (χ1v) is 10.4. The van der Waals surface area contributed by atoms with Gasteiger partial charge in [0, 0.05) is 24.5 Å². The quantitative estimate of drug-likeness (QED) is 0.760. The summed E-state index contributed by atoms with van der Waals surface area (Å²) < 4.78 is 26.9. The van der Waals surface area contributed by atoms with Crippen molar-refractivity contribution >= 4 is 21.8 Å². The molecule has 7 nitrogen and oxygen atoms in total. The lowest BCUT2D eigenvalue weighted by Crippen LogP contribution is -2.35. The largest absolute Gasteiger partial charge is 0.350 e. The van der Waals surface area contributed by atoms with Crippen LogP contribution in [-0.2, 0) is 21.4 Å². The van der Waals surface area contributed by atoms with E-state index in [2.05, 4.69) is 20.0 Å². The minimum absolute atomic E-state index is 0.189. The van der Waals surface area contributed by atoms with Gasteiger partial charge in [0.25, 0.3) is 10.0 Å². The van der Waals surface area contributed by atoms with Gasteiger partial charge in [-0.3, -0.25) is 19.5 Å². The zero-order valence-electron chi connectivity index (χ0n) is 15.1. The van der Waals surface area contributed by atoms with Gasteiger partial charge >= 0.3 is 0 Å². The van der Waals surface area contributed by atoms with Crippen molar-refractivity contribution in [3.63, 3.8) is 0 Å². The molecule has 1 amide bonds. The first kappa shape index (κ1) is 19.0. The van der Waals surface area contributed by atoms with Gasteiger partial charge in [-0.15, -0.1) is 0 Å². The van der Waals surface area contributed by atoms with Crippen LogP contribution < -0.4 is 10.0 Å². The van der Waals surface area contributed by atoms with Crippen LogP contribution in [0.25, 0.3) is 0 Å². The maximum absolute atomic E-state index is 12.7. The monoisotopic (exact) mass is 386 g/mol. The average Bonchev–Trinajstić information content (AvgIpc) is 2.94. The number of rotatable bonds is 7. The Morgan fingerprint density at radius 1 is 1.26 bits per heavy atom. The van der Waals surface area contributed by atoms with Crippen LogP contribution in [0.4, 0.5) is 0 Å². The van der Waals surface area contributed by atoms with Gasteiger partial charge in [-0.2, -0.15) is 0 Å². The number of amides is 1. The lowest BCUT2D eigenvalue weighted by Gasteiger charge is -2.14. The molecule has 1 atom stereocenters. The number of fused-ring (bicyclic) bond motifs is 1. The van der Waals surface area contributed by atoms with Crippen LogP contribution in [0, 0.1) is 0 Å². The molecule has 3 rings (SSSR count). The van der Waals surface area contributed by atoms with Gasteiger partial charge in [0.05, 0.1) is 4.90 Å². The molecule has 8 heteroatoms. The summed E-state index contributed by atoms with van der Waals surface area (Å²) in [7, 11) is -3.62. The molecule has 0 saturated carbocycles. The van der Waals surface area contributed by atoms with Gasteiger partial charge in [-0.1, -0.05) is 38.0 Å². The summed E-state index contributed by atoms with van der Waals surface area (Å²) in [5.41, 5.74) is 1.39. The van der Waals surface area contributed by atoms with Gasteiger partial charge in [0.2, 0.25) is 5.91 Å². The molecular weight excluding hydrogens is 364 g/mol. The van der Waals surface area contributed by atoms with Crippen molar-refractivity contribution in [1.29, 1.82) is 0 Å². The van der Waals surface area contributed by atoms with Crippen molar-refractivity contribution in [2.24, 2.45) is 4.99 Å². The second kappa shape index (κ2) is 8.30. The highest BCUT2D eigenvalue weighted by molar-refractivity contribution is 7.90. The van der Waals surface area contributed by atoms with Crippen LogP contribution in [-0.4, -0.2) is 31.2 Å². The third-order valence-corrected chi connectivity index (χ3v) is 5.67. The predicted molar refractivity (Wildman–Crippen MR) is 103 cm³/mol. The second-order valence-electron chi connectivity index (χ2n) is 6.32. The lowest BCUT2D eigenvalue weighted by molar-refractivity contribution is -0.122. The molecule has 0 saturated heterocycles. The molecule has 0 aliphatic carbocycles. The number of sulfonamides is 1. The van der Waals surface area contributed by atoms with E-state index in [1.54, 1.807) is 36.7 Å². The third kappa shape index (κ3) is 4.51. The Bertz CT molecular complexity index is 942. The number of hydrogen-bond acceptors (Lipinski definition) is 5. The first-order valence-electron chi connectivity index (χ1n) is 8.88. The minimum atomic E-state index is -3.62. The molecule has 0 fully saturated rings. The van der Waals surface area contributed by atoms with Crippen molar-refractivity contribution in [3.05, 3.63) is 59.9 Å². The van der Waals surface area contributed by atoms with E-state index in [1.165, 1.54) is 6.07 Å². The Morgan fingerprint density at radius 2 is 2.07 bits per heavy atom. The molecule has 0 spiro atoms. The highest BCUT2D eigenvalue weighted by Gasteiger charge is 2.31. The number of nitrogens with one attached hydrogen (secondary N) is 2. The Kier molecular flexibility index (Phi) is 5.85. The average molecular weight is 386 g/mol. The van der Waals surface area contributed by atoms with Crippen LogP contribution in [0.5, 0.6) is 0 Å². The summed E-state index contributed by atoms with van der Waals surface area (Å²) in [5.74, 6) is -0.00777. The molecule has 0 unspecified atom stereocenters. The van der Waals surface area contributed by atoms with E-state index in [0.29, 0.717) is 18.5 Å². The molecule has 0 bridgehead atoms. The Labute approximate surface area is 159 Å². The van der Waals surface area contributed by atoms with Crippen LogP contribution in [0.3, 0.4) is 0 Å². The zero-order valence-corrected chi connectivity index (χ0v) is 15.9. The molecular formula is C19H22N4O3S. The maximum Gasteiger partial charge on any atom is 0.263 e. The number of benzene rings is 1. The smallest absolute Gasteiger partial charge is 0.263 e. The van der Waals surface area contributed by atoms with Gasteiger partial charge in [-0.25, -0.2) is 8.42 Å². The van der Waals surface area contributed by atoms with E-state index in [1.807, 2.05) is 13.0 Å². The number of pyridine rings is 1. The molecule has 1 aliphatic rings. The summed E-state index contributed by atoms with van der Waals surface area (Å²) >= 11 is 0. The SMILES string of the molecule is CCCC[C@H](N=C1NS(=O)(=O)c2ccccc21)C(=O)NCc1cccnc1. The highest BCUT2D eigenvalue weighted by Crippen LogP contribution is 2.23. The predicted octanol–water partition coefficient (Wildman–Crippen LogP) is 2.00. The molecule has 2 aromatic rings. The number of aromatic nitrogens is 1. The van der Waals surface area contributed by atoms with E-state index in [-0.39, 0.29) is 16.6 Å². The highest BCUT2D eigenvalue weighted by atomic mass is 32.2. The normalized spacial score (nSPS) is 17.1. The van der Waals surface area contributed by atoms with Crippen molar-refractivity contribution < 1.29 is 13.2 Å². The molecule has 1 aliphatic heterocycles. The summed E-state index contributed by atoms with van der Waals surface area (Å²) in [6.45, 7) is 2.38. The van der Waals surface area contributed by atoms with Crippen molar-refractivity contribution in [3.8, 4) is 0 Å². The molecule has 1 aromatic heterocycles. The summed E-state index contributed by atoms with van der Waals surface area (Å²) in [6, 6.07) is 9.66. The Hall–Kier alpha value is -2.74. The molecule has 142 valence electrons. The molecule has 2 heterocycles. The number of hydrogen-bond donors (Lipinski definition) is 2. The van der Waals surface area contributed by atoms with Crippen LogP contribution in [0.15, 0.2) is 58.7 Å². The number of nitrogens with zero attached hydrogens (tertiary/aromatic N) is 2.